The Hall–Kier alpha value is -2.40. The minimum atomic E-state index is -0.647. The summed E-state index contributed by atoms with van der Waals surface area (Å²) in [7, 11) is 0. The lowest BCUT2D eigenvalue weighted by Crippen LogP contribution is -2.21. The van der Waals surface area contributed by atoms with Crippen LogP contribution in [0.15, 0.2) is 48.7 Å². The van der Waals surface area contributed by atoms with Crippen LogP contribution >= 0.6 is 11.6 Å². The van der Waals surface area contributed by atoms with Gasteiger partial charge >= 0.3 is 5.97 Å². The van der Waals surface area contributed by atoms with Crippen molar-refractivity contribution in [1.82, 2.24) is 4.98 Å². The number of ether oxygens (including phenoxy) is 1. The van der Waals surface area contributed by atoms with E-state index in [9.17, 15) is 9.59 Å². The van der Waals surface area contributed by atoms with Crippen molar-refractivity contribution in [3.8, 4) is 0 Å². The Kier molecular flexibility index (Phi) is 4.68. The zero-order valence-electron chi connectivity index (χ0n) is 10.4. The molecule has 1 N–H and O–H groups in total. The summed E-state index contributed by atoms with van der Waals surface area (Å²) in [4.78, 5) is 27.2. The molecule has 0 unspecified atom stereocenters. The molecular weight excluding hydrogens is 280 g/mol. The minimum Gasteiger partial charge on any atom is -0.452 e. The highest BCUT2D eigenvalue weighted by atomic mass is 35.5. The maximum absolute atomic E-state index is 11.7. The topological polar surface area (TPSA) is 68.3 Å². The summed E-state index contributed by atoms with van der Waals surface area (Å²) in [6.45, 7) is -0.402. The molecule has 0 aliphatic heterocycles. The fraction of sp³-hybridized carbons (Fsp3) is 0.0714. The molecule has 2 aromatic rings. The van der Waals surface area contributed by atoms with Crippen molar-refractivity contribution in [2.75, 3.05) is 11.9 Å². The normalized spacial score (nSPS) is 9.85. The molecule has 0 aliphatic carbocycles. The van der Waals surface area contributed by atoms with Gasteiger partial charge in [0.15, 0.2) is 6.61 Å². The third-order valence-electron chi connectivity index (χ3n) is 2.36. The van der Waals surface area contributed by atoms with E-state index in [1.807, 2.05) is 0 Å². The van der Waals surface area contributed by atoms with E-state index in [0.29, 0.717) is 5.82 Å². The van der Waals surface area contributed by atoms with E-state index < -0.39 is 18.5 Å². The molecule has 1 aromatic heterocycles. The van der Waals surface area contributed by atoms with E-state index >= 15 is 0 Å². The first-order valence-electron chi connectivity index (χ1n) is 5.79. The van der Waals surface area contributed by atoms with Crippen LogP contribution in [0.1, 0.15) is 10.4 Å². The van der Waals surface area contributed by atoms with E-state index in [-0.39, 0.29) is 10.6 Å². The molecule has 1 aromatic carbocycles. The van der Waals surface area contributed by atoms with Crippen molar-refractivity contribution in [1.29, 1.82) is 0 Å². The largest absolute Gasteiger partial charge is 0.452 e. The molecule has 0 saturated carbocycles. The van der Waals surface area contributed by atoms with Crippen molar-refractivity contribution in [2.45, 2.75) is 0 Å². The van der Waals surface area contributed by atoms with Crippen LogP contribution in [0.4, 0.5) is 5.82 Å². The predicted molar refractivity (Wildman–Crippen MR) is 74.6 cm³/mol. The van der Waals surface area contributed by atoms with Gasteiger partial charge in [0.1, 0.15) is 5.82 Å². The molecule has 1 heterocycles. The molecule has 0 bridgehead atoms. The van der Waals surface area contributed by atoms with Crippen LogP contribution in [-0.2, 0) is 9.53 Å². The number of esters is 1. The summed E-state index contributed by atoms with van der Waals surface area (Å²) < 4.78 is 4.88. The van der Waals surface area contributed by atoms with Gasteiger partial charge < -0.3 is 10.1 Å². The quantitative estimate of drug-likeness (QED) is 0.879. The second-order valence-electron chi connectivity index (χ2n) is 3.82. The Bertz CT molecular complexity index is 617. The monoisotopic (exact) mass is 290 g/mol. The lowest BCUT2D eigenvalue weighted by molar-refractivity contribution is -0.119. The van der Waals surface area contributed by atoms with Crippen LogP contribution in [0, 0.1) is 0 Å². The van der Waals surface area contributed by atoms with Crippen LogP contribution in [0.5, 0.6) is 0 Å². The summed E-state index contributed by atoms with van der Waals surface area (Å²) in [6.07, 6.45) is 1.55. The number of carbonyl (C=O) groups excluding carboxylic acids is 2. The highest BCUT2D eigenvalue weighted by Crippen LogP contribution is 2.15. The van der Waals surface area contributed by atoms with Gasteiger partial charge in [-0.2, -0.15) is 0 Å². The zero-order chi connectivity index (χ0) is 14.4. The van der Waals surface area contributed by atoms with Crippen molar-refractivity contribution in [3.63, 3.8) is 0 Å². The first kappa shape index (κ1) is 14.0. The zero-order valence-corrected chi connectivity index (χ0v) is 11.1. The molecule has 20 heavy (non-hydrogen) atoms. The molecule has 0 atom stereocenters. The van der Waals surface area contributed by atoms with Gasteiger partial charge in [0, 0.05) is 6.20 Å². The van der Waals surface area contributed by atoms with Crippen molar-refractivity contribution < 1.29 is 14.3 Å². The average molecular weight is 291 g/mol. The number of benzene rings is 1. The van der Waals surface area contributed by atoms with Gasteiger partial charge in [-0.05, 0) is 24.3 Å². The maximum Gasteiger partial charge on any atom is 0.340 e. The number of amides is 1. The molecule has 0 saturated heterocycles. The fourth-order valence-electron chi connectivity index (χ4n) is 1.45. The van der Waals surface area contributed by atoms with Crippen LogP contribution in [0.2, 0.25) is 5.02 Å². The van der Waals surface area contributed by atoms with Crippen LogP contribution in [0.3, 0.4) is 0 Å². The predicted octanol–water partition coefficient (Wildman–Crippen LogP) is 2.53. The van der Waals surface area contributed by atoms with E-state index in [1.54, 1.807) is 42.6 Å². The number of hydrogen-bond acceptors (Lipinski definition) is 4. The average Bonchev–Trinajstić information content (AvgIpc) is 2.46. The number of carbonyl (C=O) groups is 2. The van der Waals surface area contributed by atoms with E-state index in [2.05, 4.69) is 10.3 Å². The number of nitrogens with zero attached hydrogens (tertiary/aromatic N) is 1. The number of pyridine rings is 1. The molecule has 102 valence electrons. The van der Waals surface area contributed by atoms with E-state index in [0.717, 1.165) is 0 Å². The van der Waals surface area contributed by atoms with E-state index in [1.165, 1.54) is 6.07 Å². The lowest BCUT2D eigenvalue weighted by atomic mass is 10.2. The van der Waals surface area contributed by atoms with E-state index in [4.69, 9.17) is 16.3 Å². The van der Waals surface area contributed by atoms with Gasteiger partial charge in [0.2, 0.25) is 0 Å². The molecule has 6 heteroatoms. The van der Waals surface area contributed by atoms with Gasteiger partial charge in [0.05, 0.1) is 10.6 Å². The smallest absolute Gasteiger partial charge is 0.340 e. The number of aromatic nitrogens is 1. The Labute approximate surface area is 120 Å². The van der Waals surface area contributed by atoms with Crippen LogP contribution in [-0.4, -0.2) is 23.5 Å². The molecule has 2 rings (SSSR count). The van der Waals surface area contributed by atoms with Crippen molar-refractivity contribution >= 4 is 29.3 Å². The molecule has 1 amide bonds. The minimum absolute atomic E-state index is 0.222. The second kappa shape index (κ2) is 6.68. The fourth-order valence-corrected chi connectivity index (χ4v) is 1.66. The van der Waals surface area contributed by atoms with Crippen LogP contribution < -0.4 is 5.32 Å². The summed E-state index contributed by atoms with van der Waals surface area (Å²) in [5, 5.41) is 2.78. The lowest BCUT2D eigenvalue weighted by Gasteiger charge is -2.06. The molecule has 0 fully saturated rings. The summed E-state index contributed by atoms with van der Waals surface area (Å²) >= 11 is 5.85. The molecule has 0 aliphatic rings. The molecular formula is C14H11ClN2O3. The third-order valence-corrected chi connectivity index (χ3v) is 2.69. The summed E-state index contributed by atoms with van der Waals surface area (Å²) in [6, 6.07) is 11.6. The first-order chi connectivity index (χ1) is 9.66. The van der Waals surface area contributed by atoms with Crippen LogP contribution in [0.25, 0.3) is 0 Å². The highest BCUT2D eigenvalue weighted by molar-refractivity contribution is 6.33. The molecule has 5 nitrogen and oxygen atoms in total. The molecule has 0 spiro atoms. The number of hydrogen-bond donors (Lipinski definition) is 1. The van der Waals surface area contributed by atoms with Gasteiger partial charge in [0.25, 0.3) is 5.91 Å². The second-order valence-corrected chi connectivity index (χ2v) is 4.23. The standard InChI is InChI=1S/C14H11ClN2O3/c15-11-6-2-1-5-10(11)14(19)20-9-13(18)17-12-7-3-4-8-16-12/h1-8H,9H2,(H,16,17,18). The SMILES string of the molecule is O=C(COC(=O)c1ccccc1Cl)Nc1ccccn1. The highest BCUT2D eigenvalue weighted by Gasteiger charge is 2.13. The maximum atomic E-state index is 11.7. The number of anilines is 1. The Balaban J connectivity index is 1.88. The summed E-state index contributed by atoms with van der Waals surface area (Å²) in [5.41, 5.74) is 0.222. The molecule has 0 radical (unpaired) electrons. The Morgan fingerprint density at radius 1 is 1.15 bits per heavy atom. The third kappa shape index (κ3) is 3.80. The number of nitrogens with one attached hydrogen (secondary N) is 1. The van der Waals surface area contributed by atoms with Crippen molar-refractivity contribution in [2.24, 2.45) is 0 Å². The summed E-state index contributed by atoms with van der Waals surface area (Å²) in [5.74, 6) is -0.720. The van der Waals surface area contributed by atoms with Gasteiger partial charge in [-0.25, -0.2) is 9.78 Å². The van der Waals surface area contributed by atoms with Crippen molar-refractivity contribution in [3.05, 3.63) is 59.2 Å². The number of halogens is 1. The van der Waals surface area contributed by atoms with Gasteiger partial charge in [-0.15, -0.1) is 0 Å². The first-order valence-corrected chi connectivity index (χ1v) is 6.17. The van der Waals surface area contributed by atoms with Gasteiger partial charge in [-0.1, -0.05) is 29.8 Å². The van der Waals surface area contributed by atoms with Gasteiger partial charge in [-0.3, -0.25) is 4.79 Å². The number of rotatable bonds is 4. The Morgan fingerprint density at radius 3 is 2.60 bits per heavy atom. The Morgan fingerprint density at radius 2 is 1.90 bits per heavy atom.